The van der Waals surface area contributed by atoms with Crippen molar-refractivity contribution in [1.82, 2.24) is 4.98 Å². The molecule has 0 atom stereocenters. The van der Waals surface area contributed by atoms with Crippen molar-refractivity contribution in [3.05, 3.63) is 18.4 Å². The Hall–Kier alpha value is -0.500. The Labute approximate surface area is 48.0 Å². The van der Waals surface area contributed by atoms with Crippen LogP contribution in [0, 0.1) is 6.92 Å². The molecule has 0 aromatic carbocycles. The molecule has 0 fully saturated rings. The zero-order chi connectivity index (χ0) is 4.41. The van der Waals surface area contributed by atoms with Gasteiger partial charge < -0.3 is 4.42 Å². The van der Waals surface area contributed by atoms with Gasteiger partial charge in [0.1, 0.15) is 5.76 Å². The van der Waals surface area contributed by atoms with Gasteiger partial charge in [-0.3, -0.25) is 0 Å². The van der Waals surface area contributed by atoms with Crippen LogP contribution >= 0.6 is 12.4 Å². The number of aryl methyl sites for hydroxylation is 1. The van der Waals surface area contributed by atoms with E-state index in [0.29, 0.717) is 0 Å². The Morgan fingerprint density at radius 3 is 2.57 bits per heavy atom. The van der Waals surface area contributed by atoms with Gasteiger partial charge >= 0.3 is 0 Å². The topological polar surface area (TPSA) is 26.0 Å². The van der Waals surface area contributed by atoms with Gasteiger partial charge in [0.2, 0.25) is 0 Å². The van der Waals surface area contributed by atoms with Gasteiger partial charge in [-0.1, -0.05) is 0 Å². The maximum Gasteiger partial charge on any atom is 0.180 e. The van der Waals surface area contributed by atoms with Crippen LogP contribution in [-0.2, 0) is 0 Å². The highest BCUT2D eigenvalue weighted by atomic mass is 35.5. The van der Waals surface area contributed by atoms with Gasteiger partial charge in [-0.05, 0) is 6.92 Å². The van der Waals surface area contributed by atoms with Crippen LogP contribution in [0.4, 0.5) is 0 Å². The first-order valence-electron chi connectivity index (χ1n) is 1.74. The smallest absolute Gasteiger partial charge is 0.180 e. The Balaban J connectivity index is 0.000000360. The van der Waals surface area contributed by atoms with E-state index in [1.54, 1.807) is 6.20 Å². The predicted molar refractivity (Wildman–Crippen MR) is 28.5 cm³/mol. The second-order valence-corrected chi connectivity index (χ2v) is 1.11. The van der Waals surface area contributed by atoms with E-state index in [1.807, 2.05) is 6.92 Å². The first kappa shape index (κ1) is 6.50. The van der Waals surface area contributed by atoms with Gasteiger partial charge in [0.15, 0.2) is 6.39 Å². The number of aromatic nitrogens is 1. The summed E-state index contributed by atoms with van der Waals surface area (Å²) < 4.78 is 4.72. The highest BCUT2D eigenvalue weighted by molar-refractivity contribution is 5.85. The van der Waals surface area contributed by atoms with Crippen molar-refractivity contribution in [1.29, 1.82) is 0 Å². The van der Waals surface area contributed by atoms with Crippen LogP contribution in [0.2, 0.25) is 0 Å². The molecule has 0 amide bonds. The molecule has 0 spiro atoms. The molecule has 0 aliphatic rings. The maximum atomic E-state index is 4.72. The summed E-state index contributed by atoms with van der Waals surface area (Å²) in [5.74, 6) is 0.856. The lowest BCUT2D eigenvalue weighted by molar-refractivity contribution is 0.527. The molecule has 1 aromatic heterocycles. The number of oxazole rings is 1. The van der Waals surface area contributed by atoms with Crippen LogP contribution in [0.5, 0.6) is 0 Å². The molecule has 1 heterocycles. The van der Waals surface area contributed by atoms with Gasteiger partial charge in [-0.2, -0.15) is 0 Å². The fraction of sp³-hybridized carbons (Fsp3) is 0.250. The lowest BCUT2D eigenvalue weighted by atomic mass is 10.6. The van der Waals surface area contributed by atoms with E-state index in [0.717, 1.165) is 5.76 Å². The minimum atomic E-state index is 0. The summed E-state index contributed by atoms with van der Waals surface area (Å²) in [4.78, 5) is 3.66. The van der Waals surface area contributed by atoms with Gasteiger partial charge in [0.25, 0.3) is 0 Å². The monoisotopic (exact) mass is 119 g/mol. The summed E-state index contributed by atoms with van der Waals surface area (Å²) in [6.07, 6.45) is 3.08. The molecule has 0 saturated heterocycles. The second-order valence-electron chi connectivity index (χ2n) is 1.11. The summed E-state index contributed by atoms with van der Waals surface area (Å²) in [5.41, 5.74) is 0. The summed E-state index contributed by atoms with van der Waals surface area (Å²) >= 11 is 0. The molecule has 0 saturated carbocycles. The van der Waals surface area contributed by atoms with Crippen molar-refractivity contribution in [3.63, 3.8) is 0 Å². The Bertz CT molecular complexity index is 115. The molecule has 0 aliphatic carbocycles. The second kappa shape index (κ2) is 2.64. The van der Waals surface area contributed by atoms with E-state index in [-0.39, 0.29) is 12.4 Å². The molecule has 0 bridgehead atoms. The van der Waals surface area contributed by atoms with Crippen LogP contribution in [-0.4, -0.2) is 4.98 Å². The zero-order valence-corrected chi connectivity index (χ0v) is 4.73. The van der Waals surface area contributed by atoms with E-state index >= 15 is 0 Å². The van der Waals surface area contributed by atoms with E-state index in [1.165, 1.54) is 6.39 Å². The molecular weight excluding hydrogens is 114 g/mol. The van der Waals surface area contributed by atoms with Crippen molar-refractivity contribution in [3.8, 4) is 0 Å². The molecule has 1 rings (SSSR count). The lowest BCUT2D eigenvalue weighted by Crippen LogP contribution is -1.50. The standard InChI is InChI=1S/C4H5NO.ClH/c1-4-2-5-3-6-4;/h2-3H,1H3;1H. The molecule has 1 aromatic rings. The van der Waals surface area contributed by atoms with Crippen LogP contribution < -0.4 is 0 Å². The number of halogens is 1. The van der Waals surface area contributed by atoms with Crippen LogP contribution in [0.1, 0.15) is 5.76 Å². The number of hydrogen-bond donors (Lipinski definition) is 0. The van der Waals surface area contributed by atoms with Crippen molar-refractivity contribution >= 4 is 12.4 Å². The minimum absolute atomic E-state index is 0. The van der Waals surface area contributed by atoms with Crippen molar-refractivity contribution in [2.75, 3.05) is 0 Å². The maximum absolute atomic E-state index is 4.72. The molecule has 40 valence electrons. The summed E-state index contributed by atoms with van der Waals surface area (Å²) in [5, 5.41) is 0. The Morgan fingerprint density at radius 2 is 2.43 bits per heavy atom. The molecule has 0 radical (unpaired) electrons. The van der Waals surface area contributed by atoms with Gasteiger partial charge in [-0.15, -0.1) is 12.4 Å². The molecule has 0 unspecified atom stereocenters. The van der Waals surface area contributed by atoms with E-state index in [9.17, 15) is 0 Å². The van der Waals surface area contributed by atoms with Crippen molar-refractivity contribution in [2.45, 2.75) is 6.92 Å². The SMILES string of the molecule is Cc1cnco1.Cl. The highest BCUT2D eigenvalue weighted by Crippen LogP contribution is 1.88. The quantitative estimate of drug-likeness (QED) is 0.516. The van der Waals surface area contributed by atoms with Crippen molar-refractivity contribution in [2.24, 2.45) is 0 Å². The summed E-state index contributed by atoms with van der Waals surface area (Å²) in [6, 6.07) is 0. The average molecular weight is 120 g/mol. The fourth-order valence-corrected chi connectivity index (χ4v) is 0.279. The summed E-state index contributed by atoms with van der Waals surface area (Å²) in [6.45, 7) is 1.85. The third-order valence-electron chi connectivity index (χ3n) is 0.556. The molecule has 2 nitrogen and oxygen atoms in total. The third kappa shape index (κ3) is 1.59. The molecular formula is C4H6ClNO. The molecule has 0 N–H and O–H groups in total. The largest absolute Gasteiger partial charge is 0.449 e. The van der Waals surface area contributed by atoms with E-state index < -0.39 is 0 Å². The fourth-order valence-electron chi connectivity index (χ4n) is 0.279. The van der Waals surface area contributed by atoms with Crippen LogP contribution in [0.15, 0.2) is 17.0 Å². The van der Waals surface area contributed by atoms with Gasteiger partial charge in [0.05, 0.1) is 6.20 Å². The van der Waals surface area contributed by atoms with Gasteiger partial charge in [-0.25, -0.2) is 4.98 Å². The zero-order valence-electron chi connectivity index (χ0n) is 3.92. The number of rotatable bonds is 0. The molecule has 0 aliphatic heterocycles. The van der Waals surface area contributed by atoms with Gasteiger partial charge in [0, 0.05) is 0 Å². The predicted octanol–water partition coefficient (Wildman–Crippen LogP) is 1.40. The minimum Gasteiger partial charge on any atom is -0.449 e. The first-order chi connectivity index (χ1) is 2.89. The molecule has 7 heavy (non-hydrogen) atoms. The highest BCUT2D eigenvalue weighted by Gasteiger charge is 1.77. The number of nitrogens with zero attached hydrogens (tertiary/aromatic N) is 1. The Morgan fingerprint density at radius 1 is 1.71 bits per heavy atom. The normalized spacial score (nSPS) is 7.57. The van der Waals surface area contributed by atoms with Crippen LogP contribution in [0.25, 0.3) is 0 Å². The van der Waals surface area contributed by atoms with Crippen molar-refractivity contribution < 1.29 is 4.42 Å². The van der Waals surface area contributed by atoms with E-state index in [4.69, 9.17) is 4.42 Å². The average Bonchev–Trinajstić information content (AvgIpc) is 1.86. The first-order valence-corrected chi connectivity index (χ1v) is 1.74. The van der Waals surface area contributed by atoms with E-state index in [2.05, 4.69) is 4.98 Å². The summed E-state index contributed by atoms with van der Waals surface area (Å²) in [7, 11) is 0. The number of hydrogen-bond acceptors (Lipinski definition) is 2. The Kier molecular flexibility index (Phi) is 2.45. The third-order valence-corrected chi connectivity index (χ3v) is 0.556. The van der Waals surface area contributed by atoms with Crippen LogP contribution in [0.3, 0.4) is 0 Å². The molecule has 3 heteroatoms. The lowest BCUT2D eigenvalue weighted by Gasteiger charge is -1.66.